The third kappa shape index (κ3) is 4.50. The third-order valence-corrected chi connectivity index (χ3v) is 4.10. The summed E-state index contributed by atoms with van der Waals surface area (Å²) in [6, 6.07) is 2.23. The molecule has 0 radical (unpaired) electrons. The Hall–Kier alpha value is -0.830. The summed E-state index contributed by atoms with van der Waals surface area (Å²) in [4.78, 5) is 14.0. The maximum atomic E-state index is 12.0. The summed E-state index contributed by atoms with van der Waals surface area (Å²) < 4.78 is 0. The molecule has 3 heteroatoms. The van der Waals surface area contributed by atoms with Gasteiger partial charge in [-0.05, 0) is 51.2 Å². The molecule has 96 valence electrons. The average molecular weight is 253 g/mol. The lowest BCUT2D eigenvalue weighted by Crippen LogP contribution is -2.32. The molecule has 2 nitrogen and oxygen atoms in total. The van der Waals surface area contributed by atoms with E-state index < -0.39 is 0 Å². The minimum Gasteiger partial charge on any atom is -0.349 e. The smallest absolute Gasteiger partial charge is 0.261 e. The van der Waals surface area contributed by atoms with Crippen molar-refractivity contribution in [3.05, 3.63) is 21.4 Å². The van der Waals surface area contributed by atoms with Crippen LogP contribution in [-0.2, 0) is 0 Å². The van der Waals surface area contributed by atoms with E-state index in [1.807, 2.05) is 13.0 Å². The Labute approximate surface area is 108 Å². The molecule has 1 aromatic heterocycles. The number of thiophene rings is 1. The Morgan fingerprint density at radius 2 is 1.94 bits per heavy atom. The molecular formula is C14H23NOS. The lowest BCUT2D eigenvalue weighted by molar-refractivity contribution is 0.0941. The van der Waals surface area contributed by atoms with Crippen LogP contribution in [0.5, 0.6) is 0 Å². The standard InChI is InChI=1S/C14H23NOS/c1-9(2)6-7-11(4)15-14(16)13-8-10(3)12(5)17-13/h8-9,11H,6-7H2,1-5H3,(H,15,16). The van der Waals surface area contributed by atoms with Gasteiger partial charge >= 0.3 is 0 Å². The first-order valence-corrected chi connectivity index (χ1v) is 7.09. The van der Waals surface area contributed by atoms with Gasteiger partial charge < -0.3 is 5.32 Å². The minimum absolute atomic E-state index is 0.0717. The predicted molar refractivity (Wildman–Crippen MR) is 74.8 cm³/mol. The molecule has 0 aliphatic heterocycles. The topological polar surface area (TPSA) is 29.1 Å². The summed E-state index contributed by atoms with van der Waals surface area (Å²) in [5, 5.41) is 3.06. The summed E-state index contributed by atoms with van der Waals surface area (Å²) in [6.07, 6.45) is 2.21. The number of rotatable bonds is 5. The Kier molecular flexibility index (Phi) is 5.19. The third-order valence-electron chi connectivity index (χ3n) is 2.94. The molecular weight excluding hydrogens is 230 g/mol. The van der Waals surface area contributed by atoms with E-state index in [9.17, 15) is 4.79 Å². The van der Waals surface area contributed by atoms with Crippen molar-refractivity contribution in [2.45, 2.75) is 53.5 Å². The van der Waals surface area contributed by atoms with Crippen molar-refractivity contribution < 1.29 is 4.79 Å². The Morgan fingerprint density at radius 1 is 1.29 bits per heavy atom. The summed E-state index contributed by atoms with van der Waals surface area (Å²) >= 11 is 1.58. The van der Waals surface area contributed by atoms with Gasteiger partial charge in [-0.3, -0.25) is 4.79 Å². The van der Waals surface area contributed by atoms with Gasteiger partial charge in [0.05, 0.1) is 4.88 Å². The molecule has 0 saturated heterocycles. The molecule has 1 amide bonds. The largest absolute Gasteiger partial charge is 0.349 e. The van der Waals surface area contributed by atoms with Crippen LogP contribution in [0.15, 0.2) is 6.07 Å². The van der Waals surface area contributed by atoms with Gasteiger partial charge in [0.25, 0.3) is 5.91 Å². The zero-order chi connectivity index (χ0) is 13.0. The normalized spacial score (nSPS) is 12.8. The molecule has 1 rings (SSSR count). The lowest BCUT2D eigenvalue weighted by Gasteiger charge is -2.14. The van der Waals surface area contributed by atoms with Crippen LogP contribution in [0, 0.1) is 19.8 Å². The SMILES string of the molecule is Cc1cc(C(=O)NC(C)CCC(C)C)sc1C. The first-order chi connectivity index (χ1) is 7.90. The van der Waals surface area contributed by atoms with Gasteiger partial charge in [0.1, 0.15) is 0 Å². The molecule has 0 aromatic carbocycles. The number of carbonyl (C=O) groups is 1. The van der Waals surface area contributed by atoms with Gasteiger partial charge in [-0.1, -0.05) is 13.8 Å². The van der Waals surface area contributed by atoms with Gasteiger partial charge in [0.15, 0.2) is 0 Å². The van der Waals surface area contributed by atoms with Crippen molar-refractivity contribution in [3.8, 4) is 0 Å². The Morgan fingerprint density at radius 3 is 2.41 bits per heavy atom. The van der Waals surface area contributed by atoms with Crippen LogP contribution in [0.2, 0.25) is 0 Å². The Bertz CT molecular complexity index is 362. The van der Waals surface area contributed by atoms with Crippen molar-refractivity contribution in [2.24, 2.45) is 5.92 Å². The average Bonchev–Trinajstić information content (AvgIpc) is 2.56. The van der Waals surface area contributed by atoms with Gasteiger partial charge in [-0.25, -0.2) is 0 Å². The summed E-state index contributed by atoms with van der Waals surface area (Å²) in [5.74, 6) is 0.767. The van der Waals surface area contributed by atoms with Gasteiger partial charge in [0.2, 0.25) is 0 Å². The highest BCUT2D eigenvalue weighted by Gasteiger charge is 2.13. The van der Waals surface area contributed by atoms with Crippen LogP contribution >= 0.6 is 11.3 Å². The highest BCUT2D eigenvalue weighted by molar-refractivity contribution is 7.14. The first kappa shape index (κ1) is 14.2. The second-order valence-electron chi connectivity index (χ2n) is 5.20. The van der Waals surface area contributed by atoms with E-state index in [0.717, 1.165) is 17.7 Å². The molecule has 1 heterocycles. The van der Waals surface area contributed by atoms with Gasteiger partial charge in [-0.15, -0.1) is 11.3 Å². The van der Waals surface area contributed by atoms with Crippen LogP contribution in [-0.4, -0.2) is 11.9 Å². The predicted octanol–water partition coefficient (Wildman–Crippen LogP) is 3.92. The van der Waals surface area contributed by atoms with E-state index in [4.69, 9.17) is 0 Å². The molecule has 0 bridgehead atoms. The van der Waals surface area contributed by atoms with E-state index in [-0.39, 0.29) is 11.9 Å². The molecule has 0 aliphatic rings. The molecule has 1 aromatic rings. The van der Waals surface area contributed by atoms with Gasteiger partial charge in [-0.2, -0.15) is 0 Å². The highest BCUT2D eigenvalue weighted by Crippen LogP contribution is 2.20. The van der Waals surface area contributed by atoms with Crippen molar-refractivity contribution in [2.75, 3.05) is 0 Å². The maximum absolute atomic E-state index is 12.0. The molecule has 17 heavy (non-hydrogen) atoms. The highest BCUT2D eigenvalue weighted by atomic mass is 32.1. The number of nitrogens with one attached hydrogen (secondary N) is 1. The second-order valence-corrected chi connectivity index (χ2v) is 6.45. The lowest BCUT2D eigenvalue weighted by atomic mass is 10.0. The molecule has 0 saturated carbocycles. The van der Waals surface area contributed by atoms with Crippen LogP contribution in [0.25, 0.3) is 0 Å². The van der Waals surface area contributed by atoms with Crippen molar-refractivity contribution in [3.63, 3.8) is 0 Å². The minimum atomic E-state index is 0.0717. The van der Waals surface area contributed by atoms with Crippen LogP contribution in [0.4, 0.5) is 0 Å². The summed E-state index contributed by atoms with van der Waals surface area (Å²) in [7, 11) is 0. The number of hydrogen-bond donors (Lipinski definition) is 1. The van der Waals surface area contributed by atoms with Crippen LogP contribution < -0.4 is 5.32 Å². The number of aryl methyl sites for hydroxylation is 2. The van der Waals surface area contributed by atoms with E-state index in [2.05, 4.69) is 33.0 Å². The fourth-order valence-electron chi connectivity index (χ4n) is 1.64. The molecule has 1 atom stereocenters. The van der Waals surface area contributed by atoms with E-state index >= 15 is 0 Å². The van der Waals surface area contributed by atoms with Crippen molar-refractivity contribution in [1.29, 1.82) is 0 Å². The maximum Gasteiger partial charge on any atom is 0.261 e. The van der Waals surface area contributed by atoms with Crippen LogP contribution in [0.3, 0.4) is 0 Å². The van der Waals surface area contributed by atoms with E-state index in [1.165, 1.54) is 10.4 Å². The molecule has 0 spiro atoms. The molecule has 1 unspecified atom stereocenters. The molecule has 1 N–H and O–H groups in total. The monoisotopic (exact) mass is 253 g/mol. The summed E-state index contributed by atoms with van der Waals surface area (Å²) in [6.45, 7) is 10.6. The van der Waals surface area contributed by atoms with Crippen molar-refractivity contribution in [1.82, 2.24) is 5.32 Å². The van der Waals surface area contributed by atoms with Crippen LogP contribution in [0.1, 0.15) is 53.7 Å². The fourth-order valence-corrected chi connectivity index (χ4v) is 2.57. The Balaban J connectivity index is 2.48. The van der Waals surface area contributed by atoms with E-state index in [0.29, 0.717) is 5.92 Å². The number of hydrogen-bond acceptors (Lipinski definition) is 2. The quantitative estimate of drug-likeness (QED) is 0.846. The van der Waals surface area contributed by atoms with Gasteiger partial charge in [0, 0.05) is 10.9 Å². The summed E-state index contributed by atoms with van der Waals surface area (Å²) in [5.41, 5.74) is 1.20. The second kappa shape index (κ2) is 6.20. The zero-order valence-corrected chi connectivity index (χ0v) is 12.3. The zero-order valence-electron chi connectivity index (χ0n) is 11.5. The van der Waals surface area contributed by atoms with Crippen molar-refractivity contribution >= 4 is 17.2 Å². The molecule has 0 fully saturated rings. The number of carbonyl (C=O) groups excluding carboxylic acids is 1. The number of amides is 1. The van der Waals surface area contributed by atoms with E-state index in [1.54, 1.807) is 11.3 Å². The first-order valence-electron chi connectivity index (χ1n) is 6.28. The fraction of sp³-hybridized carbons (Fsp3) is 0.643. The molecule has 0 aliphatic carbocycles.